The van der Waals surface area contributed by atoms with E-state index >= 15 is 0 Å². The van der Waals surface area contributed by atoms with E-state index in [2.05, 4.69) is 15.5 Å². The Kier molecular flexibility index (Phi) is 8.27. The molecule has 2 heterocycles. The summed E-state index contributed by atoms with van der Waals surface area (Å²) in [5.41, 5.74) is 5.13. The fourth-order valence-corrected chi connectivity index (χ4v) is 5.64. The number of hydrogen-bond acceptors (Lipinski definition) is 7. The SMILES string of the molecule is Cc1cccc(-n2c(Cn3nc(C)cc3-c3ccc(Cl)cc3)nnc2SCC(=O)Nc2ccc(S(N)(=O)=O)cc2)c1. The van der Waals surface area contributed by atoms with Crippen LogP contribution in [0.25, 0.3) is 16.9 Å². The van der Waals surface area contributed by atoms with Crippen molar-refractivity contribution in [3.63, 3.8) is 0 Å². The number of benzene rings is 3. The molecule has 2 aromatic heterocycles. The predicted molar refractivity (Wildman–Crippen MR) is 160 cm³/mol. The number of anilines is 1. The lowest BCUT2D eigenvalue weighted by atomic mass is 10.1. The monoisotopic (exact) mass is 607 g/mol. The molecule has 13 heteroatoms. The van der Waals surface area contributed by atoms with E-state index in [-0.39, 0.29) is 16.6 Å². The zero-order valence-electron chi connectivity index (χ0n) is 22.2. The summed E-state index contributed by atoms with van der Waals surface area (Å²) in [6.07, 6.45) is 0. The summed E-state index contributed by atoms with van der Waals surface area (Å²) in [4.78, 5) is 12.7. The van der Waals surface area contributed by atoms with E-state index < -0.39 is 10.0 Å². The molecule has 0 spiro atoms. The topological polar surface area (TPSA) is 138 Å². The van der Waals surface area contributed by atoms with Gasteiger partial charge in [0.05, 0.1) is 22.0 Å². The molecule has 0 radical (unpaired) electrons. The van der Waals surface area contributed by atoms with Crippen molar-refractivity contribution < 1.29 is 13.2 Å². The number of aryl methyl sites for hydroxylation is 2. The first-order chi connectivity index (χ1) is 19.6. The van der Waals surface area contributed by atoms with Crippen molar-refractivity contribution in [3.8, 4) is 16.9 Å². The van der Waals surface area contributed by atoms with Crippen LogP contribution in [0.15, 0.2) is 88.9 Å². The highest BCUT2D eigenvalue weighted by Gasteiger charge is 2.19. The van der Waals surface area contributed by atoms with Gasteiger partial charge in [-0.3, -0.25) is 14.0 Å². The first-order valence-corrected chi connectivity index (χ1v) is 15.3. The molecule has 3 N–H and O–H groups in total. The number of carbonyl (C=O) groups excluding carboxylic acids is 1. The largest absolute Gasteiger partial charge is 0.325 e. The van der Waals surface area contributed by atoms with Crippen molar-refractivity contribution in [3.05, 3.63) is 101 Å². The number of rotatable bonds is 9. The maximum absolute atomic E-state index is 12.7. The van der Waals surface area contributed by atoms with Gasteiger partial charge in [-0.25, -0.2) is 13.6 Å². The minimum Gasteiger partial charge on any atom is -0.325 e. The van der Waals surface area contributed by atoms with Crippen LogP contribution in [0.2, 0.25) is 5.02 Å². The van der Waals surface area contributed by atoms with Gasteiger partial charge >= 0.3 is 0 Å². The number of carbonyl (C=O) groups is 1. The number of amides is 1. The number of nitrogens with two attached hydrogens (primary N) is 1. The van der Waals surface area contributed by atoms with Crippen LogP contribution in [-0.4, -0.2) is 44.6 Å². The molecule has 0 saturated heterocycles. The van der Waals surface area contributed by atoms with Crippen LogP contribution in [0.5, 0.6) is 0 Å². The van der Waals surface area contributed by atoms with Gasteiger partial charge in [-0.05, 0) is 79.6 Å². The van der Waals surface area contributed by atoms with Crippen molar-refractivity contribution in [2.75, 3.05) is 11.1 Å². The molecule has 0 unspecified atom stereocenters. The molecule has 5 rings (SSSR count). The highest BCUT2D eigenvalue weighted by atomic mass is 35.5. The van der Waals surface area contributed by atoms with E-state index in [1.807, 2.05) is 77.7 Å². The molecule has 0 bridgehead atoms. The van der Waals surface area contributed by atoms with Crippen LogP contribution >= 0.6 is 23.4 Å². The number of primary sulfonamides is 1. The molecule has 0 aliphatic heterocycles. The second-order valence-corrected chi connectivity index (χ2v) is 12.3. The number of thioether (sulfide) groups is 1. The van der Waals surface area contributed by atoms with E-state index in [1.165, 1.54) is 36.0 Å². The van der Waals surface area contributed by atoms with E-state index in [0.29, 0.717) is 28.2 Å². The van der Waals surface area contributed by atoms with E-state index in [1.54, 1.807) is 0 Å². The van der Waals surface area contributed by atoms with Crippen molar-refractivity contribution in [2.24, 2.45) is 5.14 Å². The highest BCUT2D eigenvalue weighted by molar-refractivity contribution is 7.99. The Hall–Kier alpha value is -3.97. The van der Waals surface area contributed by atoms with E-state index in [0.717, 1.165) is 28.2 Å². The molecule has 0 saturated carbocycles. The number of sulfonamides is 1. The Balaban J connectivity index is 1.39. The summed E-state index contributed by atoms with van der Waals surface area (Å²) in [6.45, 7) is 4.28. The molecule has 41 heavy (non-hydrogen) atoms. The Morgan fingerprint density at radius 3 is 2.41 bits per heavy atom. The molecule has 3 aromatic carbocycles. The third kappa shape index (κ3) is 6.85. The predicted octanol–water partition coefficient (Wildman–Crippen LogP) is 4.83. The van der Waals surface area contributed by atoms with Gasteiger partial charge in [-0.15, -0.1) is 10.2 Å². The fourth-order valence-electron chi connectivity index (χ4n) is 4.23. The summed E-state index contributed by atoms with van der Waals surface area (Å²) < 4.78 is 26.8. The number of hydrogen-bond donors (Lipinski definition) is 2. The molecule has 0 fully saturated rings. The zero-order valence-corrected chi connectivity index (χ0v) is 24.5. The van der Waals surface area contributed by atoms with Gasteiger partial charge in [-0.2, -0.15) is 5.10 Å². The third-order valence-electron chi connectivity index (χ3n) is 6.09. The Labute approximate surface area is 246 Å². The molecule has 10 nitrogen and oxygen atoms in total. The van der Waals surface area contributed by atoms with Crippen molar-refractivity contribution >= 4 is 45.0 Å². The lowest BCUT2D eigenvalue weighted by molar-refractivity contribution is -0.113. The van der Waals surface area contributed by atoms with Crippen LogP contribution in [-0.2, 0) is 21.4 Å². The van der Waals surface area contributed by atoms with Gasteiger partial charge in [0, 0.05) is 16.4 Å². The minimum atomic E-state index is -3.81. The Bertz CT molecular complexity index is 1820. The molecule has 210 valence electrons. The Morgan fingerprint density at radius 2 is 1.73 bits per heavy atom. The summed E-state index contributed by atoms with van der Waals surface area (Å²) in [6, 6.07) is 23.2. The van der Waals surface area contributed by atoms with Crippen LogP contribution in [0.4, 0.5) is 5.69 Å². The second-order valence-electron chi connectivity index (χ2n) is 9.31. The highest BCUT2D eigenvalue weighted by Crippen LogP contribution is 2.27. The van der Waals surface area contributed by atoms with Gasteiger partial charge in [0.2, 0.25) is 15.9 Å². The van der Waals surface area contributed by atoms with Crippen LogP contribution < -0.4 is 10.5 Å². The average molecular weight is 608 g/mol. The lowest BCUT2D eigenvalue weighted by Crippen LogP contribution is -2.16. The van der Waals surface area contributed by atoms with Crippen LogP contribution in [0, 0.1) is 13.8 Å². The van der Waals surface area contributed by atoms with E-state index in [4.69, 9.17) is 21.8 Å². The lowest BCUT2D eigenvalue weighted by Gasteiger charge is -2.13. The molecule has 0 atom stereocenters. The van der Waals surface area contributed by atoms with Gasteiger partial charge in [0.15, 0.2) is 11.0 Å². The summed E-state index contributed by atoms with van der Waals surface area (Å²) >= 11 is 7.33. The van der Waals surface area contributed by atoms with Gasteiger partial charge in [0.1, 0.15) is 6.54 Å². The van der Waals surface area contributed by atoms with Gasteiger partial charge < -0.3 is 5.32 Å². The molecular weight excluding hydrogens is 582 g/mol. The summed E-state index contributed by atoms with van der Waals surface area (Å²) in [5, 5.41) is 22.7. The molecule has 1 amide bonds. The molecular formula is C28H26ClN7O3S2. The first kappa shape index (κ1) is 28.6. The van der Waals surface area contributed by atoms with Crippen LogP contribution in [0.3, 0.4) is 0 Å². The van der Waals surface area contributed by atoms with Crippen molar-refractivity contribution in [1.29, 1.82) is 0 Å². The average Bonchev–Trinajstić information content (AvgIpc) is 3.50. The second kappa shape index (κ2) is 11.9. The van der Waals surface area contributed by atoms with Gasteiger partial charge in [-0.1, -0.05) is 47.6 Å². The van der Waals surface area contributed by atoms with Crippen molar-refractivity contribution in [2.45, 2.75) is 30.4 Å². The first-order valence-electron chi connectivity index (χ1n) is 12.4. The Morgan fingerprint density at radius 1 is 1.00 bits per heavy atom. The minimum absolute atomic E-state index is 0.0322. The number of nitrogens with zero attached hydrogens (tertiary/aromatic N) is 5. The molecule has 0 aliphatic carbocycles. The third-order valence-corrected chi connectivity index (χ3v) is 8.20. The number of aromatic nitrogens is 5. The standard InChI is InChI=1S/C28H26ClN7O3S2/c1-18-4-3-5-23(14-18)36-26(16-35-25(15-19(2)34-35)20-6-8-21(29)9-7-20)32-33-28(36)40-17-27(37)31-22-10-12-24(13-11-22)41(30,38)39/h3-15H,16-17H2,1-2H3,(H,31,37)(H2,30,38,39). The summed E-state index contributed by atoms with van der Waals surface area (Å²) in [5.74, 6) is 0.416. The smallest absolute Gasteiger partial charge is 0.238 e. The zero-order chi connectivity index (χ0) is 29.1. The fraction of sp³-hybridized carbons (Fsp3) is 0.143. The maximum atomic E-state index is 12.7. The number of nitrogens with one attached hydrogen (secondary N) is 1. The maximum Gasteiger partial charge on any atom is 0.238 e. The quantitative estimate of drug-likeness (QED) is 0.229. The van der Waals surface area contributed by atoms with Crippen LogP contribution in [0.1, 0.15) is 17.1 Å². The van der Waals surface area contributed by atoms with Crippen molar-refractivity contribution in [1.82, 2.24) is 24.5 Å². The molecule has 5 aromatic rings. The number of halogens is 1. The normalized spacial score (nSPS) is 11.5. The molecule has 0 aliphatic rings. The van der Waals surface area contributed by atoms with E-state index in [9.17, 15) is 13.2 Å². The van der Waals surface area contributed by atoms with Gasteiger partial charge in [0.25, 0.3) is 0 Å². The summed E-state index contributed by atoms with van der Waals surface area (Å²) in [7, 11) is -3.81.